The van der Waals surface area contributed by atoms with Crippen molar-refractivity contribution in [3.05, 3.63) is 71.5 Å². The van der Waals surface area contributed by atoms with Crippen molar-refractivity contribution in [3.8, 4) is 0 Å². The number of amides is 1. The van der Waals surface area contributed by atoms with Gasteiger partial charge in [0.05, 0.1) is 0 Å². The first-order valence-corrected chi connectivity index (χ1v) is 7.60. The van der Waals surface area contributed by atoms with Gasteiger partial charge >= 0.3 is 8.03 Å². The minimum Gasteiger partial charge on any atom is -0.306 e. The predicted octanol–water partition coefficient (Wildman–Crippen LogP) is 2.86. The fourth-order valence-corrected chi connectivity index (χ4v) is 2.48. The van der Waals surface area contributed by atoms with Crippen molar-refractivity contribution < 1.29 is 18.6 Å². The van der Waals surface area contributed by atoms with Gasteiger partial charge in [0.15, 0.2) is 0 Å². The number of hydrogen-bond acceptors (Lipinski definition) is 2. The second-order valence-electron chi connectivity index (χ2n) is 4.49. The second-order valence-corrected chi connectivity index (χ2v) is 5.72. The first-order valence-electron chi connectivity index (χ1n) is 6.32. The zero-order valence-electron chi connectivity index (χ0n) is 11.1. The van der Waals surface area contributed by atoms with Crippen LogP contribution in [0.5, 0.6) is 0 Å². The van der Waals surface area contributed by atoms with Crippen LogP contribution >= 0.6 is 8.03 Å². The molecule has 2 aromatic carbocycles. The van der Waals surface area contributed by atoms with Crippen molar-refractivity contribution in [3.63, 3.8) is 0 Å². The van der Waals surface area contributed by atoms with Gasteiger partial charge in [-0.2, -0.15) is 4.89 Å². The Hall–Kier alpha value is -2.10. The van der Waals surface area contributed by atoms with Crippen LogP contribution < -0.4 is 5.32 Å². The summed E-state index contributed by atoms with van der Waals surface area (Å²) in [6.45, 7) is 0. The average molecular weight is 306 g/mol. The third-order valence-electron chi connectivity index (χ3n) is 2.92. The fraction of sp³-hybridized carbons (Fsp3) is 0.133. The quantitative estimate of drug-likeness (QED) is 0.835. The zero-order chi connectivity index (χ0) is 15.2. The van der Waals surface area contributed by atoms with Crippen LogP contribution in [0, 0.1) is 5.82 Å². The molecule has 0 aliphatic rings. The summed E-state index contributed by atoms with van der Waals surface area (Å²) in [5, 5.41) is 2.47. The van der Waals surface area contributed by atoms with Crippen molar-refractivity contribution >= 4 is 13.9 Å². The number of carbonyl (C=O) groups excluding carboxylic acids is 1. The van der Waals surface area contributed by atoms with E-state index >= 15 is 0 Å². The molecule has 0 spiro atoms. The molecule has 2 N–H and O–H groups in total. The Morgan fingerprint density at radius 1 is 1.19 bits per heavy atom. The minimum atomic E-state index is -2.59. The molecule has 0 heterocycles. The number of hydrogen-bond donors (Lipinski definition) is 2. The number of nitrogens with one attached hydrogen (secondary N) is 1. The molecular formula is C15H14FNO3P+. The lowest BCUT2D eigenvalue weighted by Crippen LogP contribution is -2.34. The molecule has 0 fully saturated rings. The van der Waals surface area contributed by atoms with Gasteiger partial charge in [0.2, 0.25) is 0 Å². The van der Waals surface area contributed by atoms with Gasteiger partial charge < -0.3 is 5.32 Å². The molecule has 0 radical (unpaired) electrons. The lowest BCUT2D eigenvalue weighted by Gasteiger charge is -2.08. The highest BCUT2D eigenvalue weighted by molar-refractivity contribution is 7.38. The van der Waals surface area contributed by atoms with Crippen LogP contribution in [0.1, 0.15) is 15.9 Å². The standard InChI is InChI=1S/C15H13FNO3P/c16-13-8-4-7-12(10-13)15(18)17-14(21(19)20)9-11-5-2-1-3-6-11/h1-8,10,14H,9H2,(H-,17,18,19,20)/p+1. The molecule has 21 heavy (non-hydrogen) atoms. The highest BCUT2D eigenvalue weighted by atomic mass is 31.1. The molecule has 2 atom stereocenters. The van der Waals surface area contributed by atoms with E-state index in [0.29, 0.717) is 0 Å². The molecular weight excluding hydrogens is 292 g/mol. The molecule has 0 saturated carbocycles. The van der Waals surface area contributed by atoms with Gasteiger partial charge in [-0.1, -0.05) is 36.4 Å². The maximum absolute atomic E-state index is 13.1. The number of halogens is 1. The van der Waals surface area contributed by atoms with E-state index < -0.39 is 25.5 Å². The van der Waals surface area contributed by atoms with Crippen LogP contribution in [0.3, 0.4) is 0 Å². The summed E-state index contributed by atoms with van der Waals surface area (Å²) in [6.07, 6.45) is 0.230. The number of rotatable bonds is 5. The summed E-state index contributed by atoms with van der Waals surface area (Å²) < 4.78 is 24.5. The van der Waals surface area contributed by atoms with Crippen molar-refractivity contribution in [2.45, 2.75) is 12.2 Å². The second kappa shape index (κ2) is 7.07. The molecule has 2 unspecified atom stereocenters. The number of benzene rings is 2. The summed E-state index contributed by atoms with van der Waals surface area (Å²) in [5.41, 5.74) is 0.948. The predicted molar refractivity (Wildman–Crippen MR) is 77.6 cm³/mol. The molecule has 2 rings (SSSR count). The smallest absolute Gasteiger partial charge is 0.306 e. The van der Waals surface area contributed by atoms with Crippen LogP contribution in [0.25, 0.3) is 0 Å². The third kappa shape index (κ3) is 4.45. The van der Waals surface area contributed by atoms with Crippen LogP contribution in [0.2, 0.25) is 0 Å². The summed E-state index contributed by atoms with van der Waals surface area (Å²) in [6, 6.07) is 14.2. The van der Waals surface area contributed by atoms with Gasteiger partial charge in [0, 0.05) is 12.0 Å². The topological polar surface area (TPSA) is 66.4 Å². The normalized spacial score (nSPS) is 12.6. The molecule has 4 nitrogen and oxygen atoms in total. The Morgan fingerprint density at radius 3 is 2.52 bits per heavy atom. The van der Waals surface area contributed by atoms with E-state index in [2.05, 4.69) is 5.32 Å². The van der Waals surface area contributed by atoms with Gasteiger partial charge in [-0.05, 0) is 28.3 Å². The van der Waals surface area contributed by atoms with Crippen molar-refractivity contribution in [1.82, 2.24) is 5.32 Å². The van der Waals surface area contributed by atoms with E-state index in [9.17, 15) is 18.6 Å². The molecule has 0 aromatic heterocycles. The first-order chi connectivity index (χ1) is 10.1. The van der Waals surface area contributed by atoms with E-state index in [1.54, 1.807) is 12.1 Å². The fourth-order valence-electron chi connectivity index (χ4n) is 1.89. The molecule has 6 heteroatoms. The van der Waals surface area contributed by atoms with E-state index in [1.807, 2.05) is 18.2 Å². The van der Waals surface area contributed by atoms with Gasteiger partial charge in [-0.25, -0.2) is 4.39 Å². The van der Waals surface area contributed by atoms with E-state index in [-0.39, 0.29) is 12.0 Å². The van der Waals surface area contributed by atoms with Gasteiger partial charge in [-0.15, -0.1) is 0 Å². The van der Waals surface area contributed by atoms with Crippen molar-refractivity contribution in [2.24, 2.45) is 0 Å². The highest BCUT2D eigenvalue weighted by Gasteiger charge is 2.31. The zero-order valence-corrected chi connectivity index (χ0v) is 12.0. The molecule has 0 aliphatic heterocycles. The van der Waals surface area contributed by atoms with E-state index in [4.69, 9.17) is 0 Å². The summed E-state index contributed by atoms with van der Waals surface area (Å²) in [4.78, 5) is 21.3. The molecule has 1 amide bonds. The Kier molecular flexibility index (Phi) is 5.14. The monoisotopic (exact) mass is 306 g/mol. The molecule has 108 valence electrons. The Bertz CT molecular complexity index is 648. The molecule has 0 saturated heterocycles. The number of carbonyl (C=O) groups is 1. The first kappa shape index (κ1) is 15.3. The lowest BCUT2D eigenvalue weighted by atomic mass is 10.1. The Labute approximate surface area is 122 Å². The van der Waals surface area contributed by atoms with Crippen LogP contribution in [-0.2, 0) is 11.0 Å². The summed E-state index contributed by atoms with van der Waals surface area (Å²) >= 11 is 0. The third-order valence-corrected chi connectivity index (χ3v) is 3.77. The van der Waals surface area contributed by atoms with Gasteiger partial charge in [0.1, 0.15) is 5.82 Å². The maximum Gasteiger partial charge on any atom is 0.531 e. The molecule has 2 aromatic rings. The van der Waals surface area contributed by atoms with Crippen LogP contribution in [0.4, 0.5) is 4.39 Å². The van der Waals surface area contributed by atoms with Gasteiger partial charge in [0.25, 0.3) is 11.7 Å². The lowest BCUT2D eigenvalue weighted by molar-refractivity contribution is 0.0946. The Balaban J connectivity index is 2.10. The highest BCUT2D eigenvalue weighted by Crippen LogP contribution is 2.24. The SMILES string of the molecule is O=C(NC(Cc1ccccc1)[P+](=O)O)c1cccc(F)c1. The van der Waals surface area contributed by atoms with Gasteiger partial charge in [-0.3, -0.25) is 4.79 Å². The Morgan fingerprint density at radius 2 is 1.90 bits per heavy atom. The molecule has 0 aliphatic carbocycles. The maximum atomic E-state index is 13.1. The summed E-state index contributed by atoms with van der Waals surface area (Å²) in [5.74, 6) is -2.03. The average Bonchev–Trinajstić information content (AvgIpc) is 2.47. The minimum absolute atomic E-state index is 0.116. The van der Waals surface area contributed by atoms with Crippen molar-refractivity contribution in [2.75, 3.05) is 0 Å². The van der Waals surface area contributed by atoms with E-state index in [1.165, 1.54) is 18.2 Å². The molecule has 0 bridgehead atoms. The van der Waals surface area contributed by atoms with Crippen LogP contribution in [0.15, 0.2) is 54.6 Å². The summed E-state index contributed by atoms with van der Waals surface area (Å²) in [7, 11) is -2.59. The van der Waals surface area contributed by atoms with Crippen LogP contribution in [-0.4, -0.2) is 16.6 Å². The largest absolute Gasteiger partial charge is 0.531 e. The van der Waals surface area contributed by atoms with Crippen molar-refractivity contribution in [1.29, 1.82) is 0 Å². The van der Waals surface area contributed by atoms with E-state index in [0.717, 1.165) is 11.6 Å².